The number of nitrogens with zero attached hydrogens (tertiary/aromatic N) is 2. The summed E-state index contributed by atoms with van der Waals surface area (Å²) in [5, 5.41) is 0. The molecule has 2 fully saturated rings. The highest BCUT2D eigenvalue weighted by Gasteiger charge is 2.53. The summed E-state index contributed by atoms with van der Waals surface area (Å²) in [5.74, 6) is -2.16. The number of hydrogen-bond donors (Lipinski definition) is 1. The summed E-state index contributed by atoms with van der Waals surface area (Å²) in [6.07, 6.45) is 3.27. The molecule has 0 spiro atoms. The summed E-state index contributed by atoms with van der Waals surface area (Å²) < 4.78 is 49.9. The molecule has 1 N–H and O–H groups in total. The summed E-state index contributed by atoms with van der Waals surface area (Å²) in [6.45, 7) is 16.7. The number of carbonyl (C=O) groups excluding carboxylic acids is 1. The highest BCUT2D eigenvalue weighted by atomic mass is 19.3. The molecule has 6 rings (SSSR count). The van der Waals surface area contributed by atoms with Crippen LogP contribution in [-0.2, 0) is 20.0 Å². The van der Waals surface area contributed by atoms with E-state index >= 15 is 8.78 Å². The number of aromatic amines is 1. The molecule has 3 aliphatic rings. The lowest BCUT2D eigenvalue weighted by molar-refractivity contribution is 0.00578. The van der Waals surface area contributed by atoms with Crippen molar-refractivity contribution in [2.45, 2.75) is 96.9 Å². The van der Waals surface area contributed by atoms with Gasteiger partial charge in [0.05, 0.1) is 23.1 Å². The quantitative estimate of drug-likeness (QED) is 0.317. The second-order valence-corrected chi connectivity index (χ2v) is 14.5. The summed E-state index contributed by atoms with van der Waals surface area (Å²) >= 11 is 0. The Hall–Kier alpha value is -3.24. The van der Waals surface area contributed by atoms with Crippen LogP contribution < -0.4 is 5.46 Å². The van der Waals surface area contributed by atoms with Crippen molar-refractivity contribution in [2.24, 2.45) is 5.92 Å². The predicted octanol–water partition coefficient (Wildman–Crippen LogP) is 7.25. The van der Waals surface area contributed by atoms with Gasteiger partial charge in [-0.25, -0.2) is 9.78 Å². The molecule has 0 bridgehead atoms. The Balaban J connectivity index is 1.21. The third kappa shape index (κ3) is 5.34. The maximum Gasteiger partial charge on any atom is 0.494 e. The van der Waals surface area contributed by atoms with Gasteiger partial charge in [-0.1, -0.05) is 37.3 Å². The fourth-order valence-corrected chi connectivity index (χ4v) is 6.38. The SMILES string of the molecule is CC(c1ncc(-c2ccc3c(c2)C(F)(F)c2cc(B4OC(C)(C)C(C)(C)O4)ccc2-3)[nH]1)C1CCCN(C(=O)OC(C)(C)C)C1. The van der Waals surface area contributed by atoms with Crippen LogP contribution >= 0.6 is 0 Å². The van der Waals surface area contributed by atoms with Gasteiger partial charge >= 0.3 is 13.2 Å². The molecule has 2 atom stereocenters. The first-order chi connectivity index (χ1) is 20.5. The van der Waals surface area contributed by atoms with Gasteiger partial charge in [0.25, 0.3) is 5.92 Å². The smallest absolute Gasteiger partial charge is 0.444 e. The van der Waals surface area contributed by atoms with E-state index in [0.717, 1.165) is 18.7 Å². The van der Waals surface area contributed by atoms with Gasteiger partial charge in [-0.3, -0.25) is 0 Å². The molecule has 2 aliphatic heterocycles. The molecule has 44 heavy (non-hydrogen) atoms. The van der Waals surface area contributed by atoms with E-state index in [9.17, 15) is 4.79 Å². The first kappa shape index (κ1) is 30.8. The van der Waals surface area contributed by atoms with Crippen molar-refractivity contribution in [3.8, 4) is 22.4 Å². The van der Waals surface area contributed by atoms with E-state index in [4.69, 9.17) is 14.0 Å². The monoisotopic (exact) mass is 605 g/mol. The maximum absolute atomic E-state index is 16.0. The predicted molar refractivity (Wildman–Crippen MR) is 167 cm³/mol. The number of amides is 1. The Morgan fingerprint density at radius 1 is 1.07 bits per heavy atom. The second-order valence-electron chi connectivity index (χ2n) is 14.5. The number of halogens is 2. The average Bonchev–Trinajstić information content (AvgIpc) is 3.59. The van der Waals surface area contributed by atoms with E-state index in [1.54, 1.807) is 29.3 Å². The lowest BCUT2D eigenvalue weighted by atomic mass is 9.77. The van der Waals surface area contributed by atoms with Crippen molar-refractivity contribution in [3.05, 3.63) is 59.5 Å². The van der Waals surface area contributed by atoms with E-state index in [0.29, 0.717) is 40.9 Å². The Morgan fingerprint density at radius 3 is 2.36 bits per heavy atom. The standard InChI is InChI=1S/C34H42BF2N3O4/c1-20(22-10-9-15-40(19-22)30(41)42-31(2,3)4)29-38-18-28(39-29)21-11-13-24-25-14-12-23(17-27(25)34(36,37)26(24)16-21)35-43-32(5,6)33(7,8)44-35/h11-14,16-18,20,22H,9-10,15,19H2,1-8H3,(H,38,39). The number of ether oxygens (including phenoxy) is 1. The maximum atomic E-state index is 16.0. The first-order valence-corrected chi connectivity index (χ1v) is 15.5. The van der Waals surface area contributed by atoms with Crippen LogP contribution in [0.4, 0.5) is 13.6 Å². The van der Waals surface area contributed by atoms with Gasteiger partial charge in [-0.15, -0.1) is 0 Å². The van der Waals surface area contributed by atoms with Crippen LogP contribution in [0, 0.1) is 5.92 Å². The topological polar surface area (TPSA) is 76.7 Å². The number of likely N-dealkylation sites (tertiary alicyclic amines) is 1. The van der Waals surface area contributed by atoms with Crippen molar-refractivity contribution in [2.75, 3.05) is 13.1 Å². The minimum atomic E-state index is -3.18. The van der Waals surface area contributed by atoms with Gasteiger partial charge in [-0.05, 0) is 89.9 Å². The zero-order valence-electron chi connectivity index (χ0n) is 26.9. The zero-order chi connectivity index (χ0) is 31.8. The molecule has 10 heteroatoms. The Bertz CT molecular complexity index is 1580. The molecule has 2 unspecified atom stereocenters. The van der Waals surface area contributed by atoms with E-state index in [-0.39, 0.29) is 29.1 Å². The number of alkyl halides is 2. The molecule has 1 aromatic heterocycles. The Morgan fingerprint density at radius 2 is 1.70 bits per heavy atom. The number of hydrogen-bond acceptors (Lipinski definition) is 5. The second kappa shape index (κ2) is 10.4. The highest BCUT2D eigenvalue weighted by Crippen LogP contribution is 2.51. The molecule has 1 aliphatic carbocycles. The number of benzene rings is 2. The zero-order valence-corrected chi connectivity index (χ0v) is 26.9. The number of piperidine rings is 1. The van der Waals surface area contributed by atoms with Gasteiger partial charge < -0.3 is 23.9 Å². The number of rotatable bonds is 4. The molecule has 2 saturated heterocycles. The fourth-order valence-electron chi connectivity index (χ4n) is 6.38. The first-order valence-electron chi connectivity index (χ1n) is 15.5. The van der Waals surface area contributed by atoms with Gasteiger partial charge in [-0.2, -0.15) is 8.78 Å². The van der Waals surface area contributed by atoms with Crippen LogP contribution in [0.1, 0.15) is 91.1 Å². The van der Waals surface area contributed by atoms with Gasteiger partial charge in [0, 0.05) is 35.7 Å². The van der Waals surface area contributed by atoms with Crippen LogP contribution in [-0.4, -0.2) is 58.0 Å². The van der Waals surface area contributed by atoms with E-state index < -0.39 is 29.8 Å². The summed E-state index contributed by atoms with van der Waals surface area (Å²) in [6, 6.07) is 10.3. The molecule has 234 valence electrons. The van der Waals surface area contributed by atoms with Gasteiger partial charge in [0.15, 0.2) is 0 Å². The largest absolute Gasteiger partial charge is 0.494 e. The number of imidazole rings is 1. The highest BCUT2D eigenvalue weighted by molar-refractivity contribution is 6.62. The molecule has 3 aromatic rings. The van der Waals surface area contributed by atoms with E-state index in [1.165, 1.54) is 6.07 Å². The lowest BCUT2D eigenvalue weighted by Crippen LogP contribution is -2.44. The van der Waals surface area contributed by atoms with Crippen LogP contribution in [0.5, 0.6) is 0 Å². The third-order valence-corrected chi connectivity index (χ3v) is 9.71. The van der Waals surface area contributed by atoms with Crippen LogP contribution in [0.25, 0.3) is 22.4 Å². The average molecular weight is 606 g/mol. The molecule has 3 heterocycles. The Kier molecular flexibility index (Phi) is 7.28. The fraction of sp³-hybridized carbons (Fsp3) is 0.529. The summed E-state index contributed by atoms with van der Waals surface area (Å²) in [4.78, 5) is 22.5. The number of carbonyl (C=O) groups is 1. The third-order valence-electron chi connectivity index (χ3n) is 9.71. The molecular weight excluding hydrogens is 563 g/mol. The van der Waals surface area contributed by atoms with Crippen molar-refractivity contribution >= 4 is 18.7 Å². The van der Waals surface area contributed by atoms with Crippen molar-refractivity contribution in [1.29, 1.82) is 0 Å². The van der Waals surface area contributed by atoms with Crippen molar-refractivity contribution in [1.82, 2.24) is 14.9 Å². The number of fused-ring (bicyclic) bond motifs is 3. The normalized spacial score (nSPS) is 22.5. The van der Waals surface area contributed by atoms with E-state index in [2.05, 4.69) is 16.9 Å². The minimum absolute atomic E-state index is 0.0273. The van der Waals surface area contributed by atoms with Crippen LogP contribution in [0.15, 0.2) is 42.6 Å². The minimum Gasteiger partial charge on any atom is -0.444 e. The van der Waals surface area contributed by atoms with Crippen LogP contribution in [0.2, 0.25) is 0 Å². The van der Waals surface area contributed by atoms with E-state index in [1.807, 2.05) is 60.6 Å². The van der Waals surface area contributed by atoms with Gasteiger partial charge in [0.1, 0.15) is 11.4 Å². The number of H-pyrrole nitrogens is 1. The molecule has 0 radical (unpaired) electrons. The lowest BCUT2D eigenvalue weighted by Gasteiger charge is -2.36. The molecular formula is C34H42BF2N3O4. The number of aromatic nitrogens is 2. The molecule has 7 nitrogen and oxygen atoms in total. The van der Waals surface area contributed by atoms with Crippen molar-refractivity contribution < 1.29 is 27.6 Å². The molecule has 1 amide bonds. The summed E-state index contributed by atoms with van der Waals surface area (Å²) in [7, 11) is -0.717. The molecule has 0 saturated carbocycles. The van der Waals surface area contributed by atoms with Crippen molar-refractivity contribution in [3.63, 3.8) is 0 Å². The summed E-state index contributed by atoms with van der Waals surface area (Å²) in [5.41, 5.74) is 1.20. The molecule has 2 aromatic carbocycles. The Labute approximate surface area is 258 Å². The number of nitrogens with one attached hydrogen (secondary N) is 1. The van der Waals surface area contributed by atoms with Crippen LogP contribution in [0.3, 0.4) is 0 Å². The van der Waals surface area contributed by atoms with Gasteiger partial charge in [0.2, 0.25) is 0 Å².